The van der Waals surface area contributed by atoms with Crippen molar-refractivity contribution in [2.45, 2.75) is 97.3 Å². The molecule has 2 heteroatoms. The largest absolute Gasteiger partial charge is 0.466 e. The zero-order chi connectivity index (χ0) is 14.2. The Labute approximate surface area is 120 Å². The van der Waals surface area contributed by atoms with Crippen molar-refractivity contribution in [2.24, 2.45) is 0 Å². The average Bonchev–Trinajstić information content (AvgIpc) is 2.42. The van der Waals surface area contributed by atoms with Crippen LogP contribution in [-0.2, 0) is 9.53 Å². The molecule has 0 aliphatic rings. The molecule has 0 radical (unpaired) electrons. The van der Waals surface area contributed by atoms with E-state index in [0.29, 0.717) is 13.0 Å². The molecule has 0 aliphatic heterocycles. The number of esters is 1. The third-order valence-corrected chi connectivity index (χ3v) is 3.50. The first-order valence-corrected chi connectivity index (χ1v) is 8.46. The first kappa shape index (κ1) is 18.5. The number of carbonyl (C=O) groups is 1. The van der Waals surface area contributed by atoms with Crippen molar-refractivity contribution >= 4 is 5.97 Å². The van der Waals surface area contributed by atoms with Crippen LogP contribution < -0.4 is 0 Å². The minimum Gasteiger partial charge on any atom is -0.466 e. The van der Waals surface area contributed by atoms with Gasteiger partial charge in [0.25, 0.3) is 0 Å². The molecule has 0 unspecified atom stereocenters. The smallest absolute Gasteiger partial charge is 0.305 e. The van der Waals surface area contributed by atoms with Gasteiger partial charge in [0.15, 0.2) is 0 Å². The van der Waals surface area contributed by atoms with Crippen molar-refractivity contribution in [1.29, 1.82) is 0 Å². The molecule has 0 aliphatic carbocycles. The van der Waals surface area contributed by atoms with Crippen LogP contribution in [0.5, 0.6) is 0 Å². The molecule has 2 nitrogen and oxygen atoms in total. The second-order valence-corrected chi connectivity index (χ2v) is 5.51. The normalized spacial score (nSPS) is 10.6. The van der Waals surface area contributed by atoms with E-state index in [2.05, 4.69) is 13.8 Å². The second-order valence-electron chi connectivity index (χ2n) is 5.51. The molecular formula is C17H34O2. The van der Waals surface area contributed by atoms with Crippen LogP contribution in [0.15, 0.2) is 0 Å². The van der Waals surface area contributed by atoms with E-state index in [1.807, 2.05) is 0 Å². The molecule has 0 rings (SSSR count). The second kappa shape index (κ2) is 15.5. The van der Waals surface area contributed by atoms with Crippen LogP contribution in [0.1, 0.15) is 97.3 Å². The Morgan fingerprint density at radius 3 is 1.74 bits per heavy atom. The monoisotopic (exact) mass is 270 g/mol. The molecular weight excluding hydrogens is 236 g/mol. The van der Waals surface area contributed by atoms with Gasteiger partial charge in [0.05, 0.1) is 6.61 Å². The lowest BCUT2D eigenvalue weighted by Gasteiger charge is -2.04. The van der Waals surface area contributed by atoms with Gasteiger partial charge in [-0.2, -0.15) is 0 Å². The summed E-state index contributed by atoms with van der Waals surface area (Å²) in [6.45, 7) is 5.02. The lowest BCUT2D eigenvalue weighted by Crippen LogP contribution is -2.05. The third-order valence-electron chi connectivity index (χ3n) is 3.50. The molecule has 0 aromatic heterocycles. The fourth-order valence-electron chi connectivity index (χ4n) is 2.19. The molecule has 0 fully saturated rings. The quantitative estimate of drug-likeness (QED) is 0.301. The zero-order valence-electron chi connectivity index (χ0n) is 13.2. The number of hydrogen-bond acceptors (Lipinski definition) is 2. The molecule has 0 saturated heterocycles. The van der Waals surface area contributed by atoms with Gasteiger partial charge in [-0.05, 0) is 12.8 Å². The molecule has 19 heavy (non-hydrogen) atoms. The molecule has 0 N–H and O–H groups in total. The minimum atomic E-state index is -0.000881. The Bertz CT molecular complexity index is 190. The number of ether oxygens (including phenoxy) is 1. The fourth-order valence-corrected chi connectivity index (χ4v) is 2.19. The van der Waals surface area contributed by atoms with E-state index in [0.717, 1.165) is 19.3 Å². The van der Waals surface area contributed by atoms with Gasteiger partial charge < -0.3 is 4.74 Å². The zero-order valence-corrected chi connectivity index (χ0v) is 13.2. The van der Waals surface area contributed by atoms with Crippen molar-refractivity contribution in [3.05, 3.63) is 0 Å². The van der Waals surface area contributed by atoms with Crippen LogP contribution in [0.2, 0.25) is 0 Å². The predicted molar refractivity (Wildman–Crippen MR) is 82.3 cm³/mol. The van der Waals surface area contributed by atoms with E-state index in [1.54, 1.807) is 0 Å². The van der Waals surface area contributed by atoms with E-state index in [-0.39, 0.29) is 5.97 Å². The van der Waals surface area contributed by atoms with Crippen molar-refractivity contribution in [3.63, 3.8) is 0 Å². The summed E-state index contributed by atoms with van der Waals surface area (Å²) < 4.78 is 5.18. The maximum absolute atomic E-state index is 11.4. The molecule has 0 aromatic carbocycles. The molecule has 0 atom stereocenters. The molecule has 0 saturated carbocycles. The summed E-state index contributed by atoms with van der Waals surface area (Å²) >= 11 is 0. The Balaban J connectivity index is 3.10. The molecule has 0 aromatic rings. The van der Waals surface area contributed by atoms with Gasteiger partial charge in [-0.3, -0.25) is 4.79 Å². The number of hydrogen-bond donors (Lipinski definition) is 0. The first-order chi connectivity index (χ1) is 9.31. The summed E-state index contributed by atoms with van der Waals surface area (Å²) in [4.78, 5) is 11.4. The topological polar surface area (TPSA) is 26.3 Å². The van der Waals surface area contributed by atoms with Gasteiger partial charge >= 0.3 is 5.97 Å². The maximum atomic E-state index is 11.4. The van der Waals surface area contributed by atoms with E-state index in [1.165, 1.54) is 57.8 Å². The lowest BCUT2D eigenvalue weighted by molar-refractivity contribution is -0.143. The molecule has 0 spiro atoms. The van der Waals surface area contributed by atoms with Crippen molar-refractivity contribution < 1.29 is 9.53 Å². The SMILES string of the molecule is CCCCCCCCCCCC(=O)OCCCCC. The average molecular weight is 270 g/mol. The predicted octanol–water partition coefficient (Wildman–Crippen LogP) is 5.64. The van der Waals surface area contributed by atoms with Gasteiger partial charge in [0.2, 0.25) is 0 Å². The Morgan fingerprint density at radius 1 is 0.684 bits per heavy atom. The third kappa shape index (κ3) is 15.4. The highest BCUT2D eigenvalue weighted by Crippen LogP contribution is 2.10. The Morgan fingerprint density at radius 2 is 1.16 bits per heavy atom. The molecule has 0 amide bonds. The van der Waals surface area contributed by atoms with Gasteiger partial charge in [-0.1, -0.05) is 78.1 Å². The fraction of sp³-hybridized carbons (Fsp3) is 0.941. The van der Waals surface area contributed by atoms with Crippen molar-refractivity contribution in [2.75, 3.05) is 6.61 Å². The maximum Gasteiger partial charge on any atom is 0.305 e. The Kier molecular flexibility index (Phi) is 15.1. The molecule has 0 heterocycles. The number of unbranched alkanes of at least 4 members (excludes halogenated alkanes) is 10. The van der Waals surface area contributed by atoms with Gasteiger partial charge in [0, 0.05) is 6.42 Å². The Hall–Kier alpha value is -0.530. The van der Waals surface area contributed by atoms with Crippen LogP contribution in [-0.4, -0.2) is 12.6 Å². The summed E-state index contributed by atoms with van der Waals surface area (Å²) in [5, 5.41) is 0. The van der Waals surface area contributed by atoms with Crippen molar-refractivity contribution in [3.8, 4) is 0 Å². The van der Waals surface area contributed by atoms with Gasteiger partial charge in [-0.25, -0.2) is 0 Å². The van der Waals surface area contributed by atoms with Gasteiger partial charge in [-0.15, -0.1) is 0 Å². The van der Waals surface area contributed by atoms with Crippen LogP contribution in [0, 0.1) is 0 Å². The molecule has 114 valence electrons. The number of carbonyl (C=O) groups excluding carboxylic acids is 1. The van der Waals surface area contributed by atoms with Gasteiger partial charge in [0.1, 0.15) is 0 Å². The van der Waals surface area contributed by atoms with E-state index in [4.69, 9.17) is 4.74 Å². The van der Waals surface area contributed by atoms with Crippen LogP contribution in [0.3, 0.4) is 0 Å². The summed E-state index contributed by atoms with van der Waals surface area (Å²) in [5.74, 6) is -0.000881. The van der Waals surface area contributed by atoms with Crippen molar-refractivity contribution in [1.82, 2.24) is 0 Å². The van der Waals surface area contributed by atoms with Crippen LogP contribution in [0.25, 0.3) is 0 Å². The standard InChI is InChI=1S/C17H34O2/c1-3-5-7-8-9-10-11-12-13-15-17(18)19-16-14-6-4-2/h3-16H2,1-2H3. The first-order valence-electron chi connectivity index (χ1n) is 8.46. The minimum absolute atomic E-state index is 0.000881. The van der Waals surface area contributed by atoms with E-state index < -0.39 is 0 Å². The van der Waals surface area contributed by atoms with Crippen LogP contribution >= 0.6 is 0 Å². The number of rotatable bonds is 14. The van der Waals surface area contributed by atoms with E-state index >= 15 is 0 Å². The van der Waals surface area contributed by atoms with E-state index in [9.17, 15) is 4.79 Å². The summed E-state index contributed by atoms with van der Waals surface area (Å²) in [7, 11) is 0. The van der Waals surface area contributed by atoms with Crippen LogP contribution in [0.4, 0.5) is 0 Å². The molecule has 0 bridgehead atoms. The highest BCUT2D eigenvalue weighted by molar-refractivity contribution is 5.69. The highest BCUT2D eigenvalue weighted by atomic mass is 16.5. The summed E-state index contributed by atoms with van der Waals surface area (Å²) in [6.07, 6.45) is 15.6. The summed E-state index contributed by atoms with van der Waals surface area (Å²) in [5.41, 5.74) is 0. The highest BCUT2D eigenvalue weighted by Gasteiger charge is 2.01. The lowest BCUT2D eigenvalue weighted by atomic mass is 10.1. The summed E-state index contributed by atoms with van der Waals surface area (Å²) in [6, 6.07) is 0.